The van der Waals surface area contributed by atoms with Crippen LogP contribution in [0.4, 0.5) is 0 Å². The van der Waals surface area contributed by atoms with Gasteiger partial charge in [-0.05, 0) is 38.3 Å². The molecule has 0 spiro atoms. The quantitative estimate of drug-likeness (QED) is 0.642. The van der Waals surface area contributed by atoms with E-state index in [9.17, 15) is 9.90 Å². The number of hydrogen-bond acceptors (Lipinski definition) is 3. The largest absolute Gasteiger partial charge is 0.391 e. The zero-order valence-electron chi connectivity index (χ0n) is 10.3. The van der Waals surface area contributed by atoms with E-state index >= 15 is 0 Å². The number of hydrogen-bond donors (Lipinski definition) is 3. The molecule has 3 N–H and O–H groups in total. The lowest BCUT2D eigenvalue weighted by Gasteiger charge is -2.22. The molecule has 0 bridgehead atoms. The summed E-state index contributed by atoms with van der Waals surface area (Å²) in [5.74, 6) is 0.697. The van der Waals surface area contributed by atoms with Crippen LogP contribution >= 0.6 is 0 Å². The molecule has 1 atom stereocenters. The van der Waals surface area contributed by atoms with Crippen molar-refractivity contribution in [2.75, 3.05) is 19.6 Å². The summed E-state index contributed by atoms with van der Waals surface area (Å²) in [7, 11) is 0. The molecule has 94 valence electrons. The lowest BCUT2D eigenvalue weighted by molar-refractivity contribution is -0.126. The number of nitrogens with one attached hydrogen (secondary N) is 2. The van der Waals surface area contributed by atoms with Crippen LogP contribution in [0, 0.1) is 11.8 Å². The van der Waals surface area contributed by atoms with Crippen molar-refractivity contribution in [2.24, 2.45) is 11.8 Å². The van der Waals surface area contributed by atoms with Crippen molar-refractivity contribution in [2.45, 2.75) is 39.2 Å². The minimum absolute atomic E-state index is 0.101. The number of carbonyl (C=O) groups excluding carboxylic acids is 1. The highest BCUT2D eigenvalue weighted by molar-refractivity contribution is 5.78. The second kappa shape index (κ2) is 6.86. The van der Waals surface area contributed by atoms with Crippen LogP contribution in [0.1, 0.15) is 33.1 Å². The summed E-state index contributed by atoms with van der Waals surface area (Å²) >= 11 is 0. The zero-order chi connectivity index (χ0) is 12.0. The van der Waals surface area contributed by atoms with Gasteiger partial charge in [-0.25, -0.2) is 0 Å². The molecule has 1 unspecified atom stereocenters. The van der Waals surface area contributed by atoms with E-state index in [0.29, 0.717) is 12.5 Å². The summed E-state index contributed by atoms with van der Waals surface area (Å²) in [6, 6.07) is 0. The summed E-state index contributed by atoms with van der Waals surface area (Å²) in [5, 5.41) is 15.7. The SMILES string of the molecule is CC(C)CC(O)CNC(=O)C1CCNCC1. The Bertz CT molecular complexity index is 213. The van der Waals surface area contributed by atoms with Gasteiger partial charge in [0.05, 0.1) is 6.10 Å². The molecule has 1 fully saturated rings. The van der Waals surface area contributed by atoms with E-state index in [4.69, 9.17) is 0 Å². The van der Waals surface area contributed by atoms with Crippen molar-refractivity contribution >= 4 is 5.91 Å². The van der Waals surface area contributed by atoms with Crippen molar-refractivity contribution < 1.29 is 9.90 Å². The third kappa shape index (κ3) is 4.94. The van der Waals surface area contributed by atoms with Gasteiger partial charge in [0.25, 0.3) is 0 Å². The number of piperidine rings is 1. The van der Waals surface area contributed by atoms with E-state index in [1.807, 2.05) is 0 Å². The predicted octanol–water partition coefficient (Wildman–Crippen LogP) is 0.509. The molecule has 1 aliphatic heterocycles. The summed E-state index contributed by atoms with van der Waals surface area (Å²) in [6.07, 6.45) is 2.15. The molecule has 0 aromatic rings. The van der Waals surface area contributed by atoms with Gasteiger partial charge >= 0.3 is 0 Å². The second-order valence-electron chi connectivity index (χ2n) is 5.05. The summed E-state index contributed by atoms with van der Waals surface area (Å²) in [6.45, 7) is 6.37. The molecule has 16 heavy (non-hydrogen) atoms. The fraction of sp³-hybridized carbons (Fsp3) is 0.917. The molecular weight excluding hydrogens is 204 g/mol. The minimum Gasteiger partial charge on any atom is -0.391 e. The van der Waals surface area contributed by atoms with Crippen LogP contribution in [0.3, 0.4) is 0 Å². The van der Waals surface area contributed by atoms with Crippen molar-refractivity contribution in [1.29, 1.82) is 0 Å². The maximum absolute atomic E-state index is 11.7. The van der Waals surface area contributed by atoms with Gasteiger partial charge in [0, 0.05) is 12.5 Å². The fourth-order valence-corrected chi connectivity index (χ4v) is 2.07. The van der Waals surface area contributed by atoms with Crippen LogP contribution < -0.4 is 10.6 Å². The lowest BCUT2D eigenvalue weighted by Crippen LogP contribution is -2.41. The van der Waals surface area contributed by atoms with Crippen LogP contribution in [0.5, 0.6) is 0 Å². The predicted molar refractivity (Wildman–Crippen MR) is 64.1 cm³/mol. The average molecular weight is 228 g/mol. The Hall–Kier alpha value is -0.610. The number of amides is 1. The van der Waals surface area contributed by atoms with Gasteiger partial charge in [0.1, 0.15) is 0 Å². The van der Waals surface area contributed by atoms with Crippen LogP contribution in [0.15, 0.2) is 0 Å². The van der Waals surface area contributed by atoms with Crippen LogP contribution in [-0.2, 0) is 4.79 Å². The van der Waals surface area contributed by atoms with Gasteiger partial charge < -0.3 is 15.7 Å². The normalized spacial score (nSPS) is 19.8. The van der Waals surface area contributed by atoms with Gasteiger partial charge in [0.15, 0.2) is 0 Å². The van der Waals surface area contributed by atoms with Crippen molar-refractivity contribution in [3.8, 4) is 0 Å². The molecule has 0 radical (unpaired) electrons. The summed E-state index contributed by atoms with van der Waals surface area (Å²) in [4.78, 5) is 11.7. The Kier molecular flexibility index (Phi) is 5.77. The molecule has 0 saturated carbocycles. The van der Waals surface area contributed by atoms with E-state index < -0.39 is 6.10 Å². The van der Waals surface area contributed by atoms with Crippen molar-refractivity contribution in [1.82, 2.24) is 10.6 Å². The molecule has 0 aliphatic carbocycles. The standard InChI is InChI=1S/C12H24N2O2/c1-9(2)7-11(15)8-14-12(16)10-3-5-13-6-4-10/h9-11,13,15H,3-8H2,1-2H3,(H,14,16). The lowest BCUT2D eigenvalue weighted by atomic mass is 9.97. The first kappa shape index (κ1) is 13.5. The van der Waals surface area contributed by atoms with Crippen LogP contribution in [0.25, 0.3) is 0 Å². The number of aliphatic hydroxyl groups is 1. The van der Waals surface area contributed by atoms with E-state index in [0.717, 1.165) is 32.4 Å². The maximum atomic E-state index is 11.7. The first-order valence-electron chi connectivity index (χ1n) is 6.26. The first-order chi connectivity index (χ1) is 7.59. The average Bonchev–Trinajstić information content (AvgIpc) is 2.26. The number of aliphatic hydroxyl groups excluding tert-OH is 1. The van der Waals surface area contributed by atoms with E-state index in [2.05, 4.69) is 24.5 Å². The molecule has 4 heteroatoms. The van der Waals surface area contributed by atoms with E-state index in [1.54, 1.807) is 0 Å². The second-order valence-corrected chi connectivity index (χ2v) is 5.05. The smallest absolute Gasteiger partial charge is 0.223 e. The fourth-order valence-electron chi connectivity index (χ4n) is 2.07. The molecule has 0 aromatic heterocycles. The number of rotatable bonds is 5. The van der Waals surface area contributed by atoms with Crippen molar-refractivity contribution in [3.05, 3.63) is 0 Å². The van der Waals surface area contributed by atoms with Crippen molar-refractivity contribution in [3.63, 3.8) is 0 Å². The highest BCUT2D eigenvalue weighted by Crippen LogP contribution is 2.11. The zero-order valence-corrected chi connectivity index (χ0v) is 10.3. The summed E-state index contributed by atoms with van der Waals surface area (Å²) in [5.41, 5.74) is 0. The topological polar surface area (TPSA) is 61.4 Å². The Morgan fingerprint density at radius 3 is 2.62 bits per heavy atom. The summed E-state index contributed by atoms with van der Waals surface area (Å²) < 4.78 is 0. The maximum Gasteiger partial charge on any atom is 0.223 e. The molecule has 1 heterocycles. The molecule has 1 saturated heterocycles. The highest BCUT2D eigenvalue weighted by atomic mass is 16.3. The third-order valence-corrected chi connectivity index (χ3v) is 2.97. The third-order valence-electron chi connectivity index (χ3n) is 2.97. The Morgan fingerprint density at radius 1 is 1.44 bits per heavy atom. The molecule has 1 amide bonds. The molecule has 4 nitrogen and oxygen atoms in total. The van der Waals surface area contributed by atoms with Crippen LogP contribution in [-0.4, -0.2) is 36.8 Å². The molecule has 1 aliphatic rings. The van der Waals surface area contributed by atoms with Gasteiger partial charge in [0.2, 0.25) is 5.91 Å². The Morgan fingerprint density at radius 2 is 2.06 bits per heavy atom. The van der Waals surface area contributed by atoms with Gasteiger partial charge in [-0.15, -0.1) is 0 Å². The Labute approximate surface area is 97.8 Å². The first-order valence-corrected chi connectivity index (χ1v) is 6.26. The monoisotopic (exact) mass is 228 g/mol. The number of carbonyl (C=O) groups is 1. The van der Waals surface area contributed by atoms with E-state index in [-0.39, 0.29) is 11.8 Å². The molecular formula is C12H24N2O2. The molecule has 0 aromatic carbocycles. The molecule has 1 rings (SSSR count). The van der Waals surface area contributed by atoms with Gasteiger partial charge in [-0.2, -0.15) is 0 Å². The minimum atomic E-state index is -0.411. The highest BCUT2D eigenvalue weighted by Gasteiger charge is 2.21. The van der Waals surface area contributed by atoms with E-state index in [1.165, 1.54) is 0 Å². The van der Waals surface area contributed by atoms with Gasteiger partial charge in [-0.1, -0.05) is 13.8 Å². The van der Waals surface area contributed by atoms with Crippen LogP contribution in [0.2, 0.25) is 0 Å². The van der Waals surface area contributed by atoms with Gasteiger partial charge in [-0.3, -0.25) is 4.79 Å². The Balaban J connectivity index is 2.18.